The largest absolute Gasteiger partial charge is 0.352 e. The topological polar surface area (TPSA) is 59.0 Å². The molecule has 3 rings (SSSR count). The number of benzene rings is 1. The van der Waals surface area contributed by atoms with Crippen LogP contribution in [0.25, 0.3) is 5.69 Å². The maximum atomic E-state index is 12.2. The Morgan fingerprint density at radius 2 is 2.13 bits per heavy atom. The molecule has 122 valence electrons. The van der Waals surface area contributed by atoms with E-state index in [4.69, 9.17) is 0 Å². The zero-order valence-corrected chi connectivity index (χ0v) is 13.8. The Kier molecular flexibility index (Phi) is 4.76. The van der Waals surface area contributed by atoms with E-state index in [0.29, 0.717) is 11.5 Å². The summed E-state index contributed by atoms with van der Waals surface area (Å²) in [5, 5.41) is 10.8. The first kappa shape index (κ1) is 15.7. The van der Waals surface area contributed by atoms with Crippen molar-refractivity contribution in [3.05, 3.63) is 47.3 Å². The average molecular weight is 312 g/mol. The average Bonchev–Trinajstić information content (AvgIpc) is 3.17. The molecule has 1 saturated heterocycles. The van der Waals surface area contributed by atoms with E-state index >= 15 is 0 Å². The van der Waals surface area contributed by atoms with Crippen LogP contribution in [0.1, 0.15) is 34.6 Å². The van der Waals surface area contributed by atoms with Gasteiger partial charge in [0.05, 0.1) is 11.4 Å². The molecule has 1 aliphatic rings. The van der Waals surface area contributed by atoms with Crippen LogP contribution in [0.5, 0.6) is 0 Å². The number of aryl methyl sites for hydroxylation is 2. The Morgan fingerprint density at radius 1 is 1.35 bits per heavy atom. The van der Waals surface area contributed by atoms with Gasteiger partial charge in [-0.05, 0) is 76.0 Å². The third-order valence-electron chi connectivity index (χ3n) is 4.38. The minimum Gasteiger partial charge on any atom is -0.352 e. The lowest BCUT2D eigenvalue weighted by molar-refractivity contribution is 0.0951. The first-order valence-electron chi connectivity index (χ1n) is 8.26. The molecule has 1 atom stereocenters. The second-order valence-corrected chi connectivity index (χ2v) is 6.29. The molecule has 1 fully saturated rings. The van der Waals surface area contributed by atoms with Gasteiger partial charge in [0.15, 0.2) is 0 Å². The molecule has 0 aliphatic carbocycles. The van der Waals surface area contributed by atoms with Gasteiger partial charge in [0, 0.05) is 17.8 Å². The molecule has 2 heterocycles. The van der Waals surface area contributed by atoms with Crippen LogP contribution in [0.2, 0.25) is 0 Å². The van der Waals surface area contributed by atoms with Crippen LogP contribution in [0.3, 0.4) is 0 Å². The number of nitrogens with zero attached hydrogens (tertiary/aromatic N) is 2. The summed E-state index contributed by atoms with van der Waals surface area (Å²) in [7, 11) is 0. The zero-order chi connectivity index (χ0) is 16.2. The number of amides is 1. The van der Waals surface area contributed by atoms with Crippen molar-refractivity contribution < 1.29 is 4.79 Å². The Labute approximate surface area is 137 Å². The summed E-state index contributed by atoms with van der Waals surface area (Å²) in [6, 6.07) is 9.64. The van der Waals surface area contributed by atoms with Crippen LogP contribution in [-0.4, -0.2) is 35.3 Å². The molecule has 0 bridgehead atoms. The monoisotopic (exact) mass is 312 g/mol. The quantitative estimate of drug-likeness (QED) is 0.890. The molecule has 2 N–H and O–H groups in total. The van der Waals surface area contributed by atoms with Crippen LogP contribution >= 0.6 is 0 Å². The van der Waals surface area contributed by atoms with Gasteiger partial charge < -0.3 is 10.6 Å². The van der Waals surface area contributed by atoms with E-state index in [0.717, 1.165) is 43.1 Å². The van der Waals surface area contributed by atoms with E-state index in [2.05, 4.69) is 15.7 Å². The van der Waals surface area contributed by atoms with Crippen molar-refractivity contribution in [2.75, 3.05) is 19.6 Å². The molecule has 5 nitrogen and oxygen atoms in total. The number of aromatic nitrogens is 2. The van der Waals surface area contributed by atoms with Crippen molar-refractivity contribution >= 4 is 5.91 Å². The fraction of sp³-hybridized carbons (Fsp3) is 0.444. The molecule has 0 saturated carbocycles. The normalized spacial score (nSPS) is 17.4. The van der Waals surface area contributed by atoms with E-state index in [9.17, 15) is 4.79 Å². The van der Waals surface area contributed by atoms with E-state index in [-0.39, 0.29) is 5.91 Å². The van der Waals surface area contributed by atoms with Gasteiger partial charge >= 0.3 is 0 Å². The smallest absolute Gasteiger partial charge is 0.251 e. The molecular weight excluding hydrogens is 288 g/mol. The van der Waals surface area contributed by atoms with Gasteiger partial charge in [-0.25, -0.2) is 4.68 Å². The van der Waals surface area contributed by atoms with Crippen molar-refractivity contribution in [3.63, 3.8) is 0 Å². The molecule has 1 amide bonds. The maximum absolute atomic E-state index is 12.2. The highest BCUT2D eigenvalue weighted by Crippen LogP contribution is 2.14. The van der Waals surface area contributed by atoms with Gasteiger partial charge in [-0.3, -0.25) is 4.79 Å². The van der Waals surface area contributed by atoms with E-state index in [1.807, 2.05) is 48.9 Å². The van der Waals surface area contributed by atoms with Crippen LogP contribution in [0.15, 0.2) is 30.3 Å². The number of nitrogens with one attached hydrogen (secondary N) is 2. The van der Waals surface area contributed by atoms with Crippen LogP contribution in [0, 0.1) is 19.8 Å². The highest BCUT2D eigenvalue weighted by Gasteiger charge is 2.14. The van der Waals surface area contributed by atoms with E-state index in [1.54, 1.807) is 0 Å². The minimum atomic E-state index is -0.00382. The van der Waals surface area contributed by atoms with Gasteiger partial charge in [-0.1, -0.05) is 0 Å². The summed E-state index contributed by atoms with van der Waals surface area (Å²) >= 11 is 0. The summed E-state index contributed by atoms with van der Waals surface area (Å²) < 4.78 is 1.89. The maximum Gasteiger partial charge on any atom is 0.251 e. The van der Waals surface area contributed by atoms with Crippen molar-refractivity contribution in [3.8, 4) is 5.69 Å². The van der Waals surface area contributed by atoms with Gasteiger partial charge in [0.2, 0.25) is 0 Å². The minimum absolute atomic E-state index is 0.00382. The standard InChI is InChI=1S/C18H24N4O/c1-13-11-14(2)22(21-13)17-5-3-16(4-6-17)18(23)20-10-8-15-7-9-19-12-15/h3-6,11,15,19H,7-10,12H2,1-2H3,(H,20,23). The lowest BCUT2D eigenvalue weighted by atomic mass is 10.1. The SMILES string of the molecule is Cc1cc(C)n(-c2ccc(C(=O)NCCC3CCNC3)cc2)n1. The molecule has 0 spiro atoms. The summed E-state index contributed by atoms with van der Waals surface area (Å²) in [5.74, 6) is 0.694. The third-order valence-corrected chi connectivity index (χ3v) is 4.38. The lowest BCUT2D eigenvalue weighted by Crippen LogP contribution is -2.26. The number of carbonyl (C=O) groups is 1. The first-order chi connectivity index (χ1) is 11.1. The second kappa shape index (κ2) is 6.96. The van der Waals surface area contributed by atoms with Crippen molar-refractivity contribution in [1.29, 1.82) is 0 Å². The van der Waals surface area contributed by atoms with Gasteiger partial charge in [-0.2, -0.15) is 5.10 Å². The third kappa shape index (κ3) is 3.79. The number of hydrogen-bond donors (Lipinski definition) is 2. The fourth-order valence-corrected chi connectivity index (χ4v) is 3.10. The summed E-state index contributed by atoms with van der Waals surface area (Å²) in [5.41, 5.74) is 3.75. The molecule has 0 radical (unpaired) electrons. The summed E-state index contributed by atoms with van der Waals surface area (Å²) in [6.45, 7) is 6.92. The van der Waals surface area contributed by atoms with Crippen LogP contribution in [0.4, 0.5) is 0 Å². The Hall–Kier alpha value is -2.14. The predicted octanol–water partition coefficient (Wildman–Crippen LogP) is 2.22. The Bertz CT molecular complexity index is 669. The first-order valence-corrected chi connectivity index (χ1v) is 8.26. The Morgan fingerprint density at radius 3 is 2.74 bits per heavy atom. The molecule has 1 unspecified atom stereocenters. The molecular formula is C18H24N4O. The lowest BCUT2D eigenvalue weighted by Gasteiger charge is -2.10. The molecule has 2 aromatic rings. The highest BCUT2D eigenvalue weighted by molar-refractivity contribution is 5.94. The summed E-state index contributed by atoms with van der Waals surface area (Å²) in [4.78, 5) is 12.2. The second-order valence-electron chi connectivity index (χ2n) is 6.29. The molecule has 1 aromatic carbocycles. The predicted molar refractivity (Wildman–Crippen MR) is 91.0 cm³/mol. The van der Waals surface area contributed by atoms with Crippen molar-refractivity contribution in [1.82, 2.24) is 20.4 Å². The van der Waals surface area contributed by atoms with Crippen molar-refractivity contribution in [2.45, 2.75) is 26.7 Å². The molecule has 23 heavy (non-hydrogen) atoms. The van der Waals surface area contributed by atoms with Gasteiger partial charge in [0.25, 0.3) is 5.91 Å². The zero-order valence-electron chi connectivity index (χ0n) is 13.8. The Balaban J connectivity index is 1.58. The van der Waals surface area contributed by atoms with Crippen LogP contribution < -0.4 is 10.6 Å². The van der Waals surface area contributed by atoms with Gasteiger partial charge in [-0.15, -0.1) is 0 Å². The van der Waals surface area contributed by atoms with Crippen molar-refractivity contribution in [2.24, 2.45) is 5.92 Å². The molecule has 1 aliphatic heterocycles. The fourth-order valence-electron chi connectivity index (χ4n) is 3.10. The molecule has 5 heteroatoms. The van der Waals surface area contributed by atoms with E-state index in [1.165, 1.54) is 6.42 Å². The van der Waals surface area contributed by atoms with Crippen LogP contribution in [-0.2, 0) is 0 Å². The van der Waals surface area contributed by atoms with E-state index < -0.39 is 0 Å². The van der Waals surface area contributed by atoms with Gasteiger partial charge in [0.1, 0.15) is 0 Å². The highest BCUT2D eigenvalue weighted by atomic mass is 16.1. The number of carbonyl (C=O) groups excluding carboxylic acids is 1. The summed E-state index contributed by atoms with van der Waals surface area (Å²) in [6.07, 6.45) is 2.26. The molecule has 1 aromatic heterocycles. The number of rotatable bonds is 5. The number of hydrogen-bond acceptors (Lipinski definition) is 3.